The van der Waals surface area contributed by atoms with Crippen LogP contribution >= 0.6 is 0 Å². The summed E-state index contributed by atoms with van der Waals surface area (Å²) >= 11 is 0. The Labute approximate surface area is 137 Å². The van der Waals surface area contributed by atoms with Gasteiger partial charge in [-0.3, -0.25) is 9.20 Å². The maximum atomic E-state index is 14.7. The lowest BCUT2D eigenvalue weighted by Gasteiger charge is -2.23. The minimum Gasteiger partial charge on any atom is -0.477 e. The van der Waals surface area contributed by atoms with E-state index in [0.29, 0.717) is 35.4 Å². The third kappa shape index (κ3) is 2.37. The lowest BCUT2D eigenvalue weighted by atomic mass is 10.1. The molecule has 1 saturated heterocycles. The van der Waals surface area contributed by atoms with E-state index < -0.39 is 22.9 Å². The van der Waals surface area contributed by atoms with E-state index in [1.165, 1.54) is 12.1 Å². The Balaban J connectivity index is 2.36. The molecular weight excluding hydrogens is 313 g/mol. The Bertz CT molecular complexity index is 920. The second-order valence-corrected chi connectivity index (χ2v) is 5.99. The molecule has 6 nitrogen and oxygen atoms in total. The highest BCUT2D eigenvalue weighted by molar-refractivity contribution is 5.90. The molecule has 3 rings (SSSR count). The Morgan fingerprint density at radius 1 is 1.54 bits per heavy atom. The third-order valence-electron chi connectivity index (χ3n) is 4.43. The number of aromatic carboxylic acids is 1. The normalized spacial score (nSPS) is 17.5. The topological polar surface area (TPSA) is 88.0 Å². The number of carboxylic acids is 1. The zero-order valence-electron chi connectivity index (χ0n) is 13.3. The minimum atomic E-state index is -1.36. The van der Waals surface area contributed by atoms with Gasteiger partial charge >= 0.3 is 5.97 Å². The minimum absolute atomic E-state index is 0.0181. The molecule has 2 aromatic heterocycles. The quantitative estimate of drug-likeness (QED) is 0.892. The van der Waals surface area contributed by atoms with Crippen molar-refractivity contribution in [3.05, 3.63) is 51.7 Å². The van der Waals surface area contributed by atoms with E-state index in [9.17, 15) is 19.1 Å². The van der Waals surface area contributed by atoms with E-state index >= 15 is 0 Å². The summed E-state index contributed by atoms with van der Waals surface area (Å²) in [7, 11) is 0. The summed E-state index contributed by atoms with van der Waals surface area (Å²) in [5, 5.41) is 9.18. The molecule has 0 aliphatic carbocycles. The van der Waals surface area contributed by atoms with Crippen LogP contribution in [0.5, 0.6) is 0 Å². The number of aryl methyl sites for hydroxylation is 1. The molecule has 1 aliphatic heterocycles. The molecule has 7 heteroatoms. The molecule has 1 fully saturated rings. The molecule has 126 valence electrons. The number of aromatic nitrogens is 1. The van der Waals surface area contributed by atoms with Gasteiger partial charge in [0.25, 0.3) is 5.56 Å². The van der Waals surface area contributed by atoms with Crippen molar-refractivity contribution in [3.63, 3.8) is 0 Å². The average molecular weight is 331 g/mol. The first-order chi connectivity index (χ1) is 11.3. The molecule has 1 atom stereocenters. The molecule has 0 aromatic carbocycles. The summed E-state index contributed by atoms with van der Waals surface area (Å²) in [4.78, 5) is 25.5. The molecule has 1 aliphatic rings. The number of pyridine rings is 2. The lowest BCUT2D eigenvalue weighted by molar-refractivity contribution is 0.0694. The second kappa shape index (κ2) is 5.76. The fourth-order valence-electron chi connectivity index (χ4n) is 3.33. The van der Waals surface area contributed by atoms with Gasteiger partial charge in [-0.15, -0.1) is 0 Å². The van der Waals surface area contributed by atoms with E-state index in [-0.39, 0.29) is 6.04 Å². The van der Waals surface area contributed by atoms with Gasteiger partial charge in [-0.2, -0.15) is 0 Å². The fraction of sp³-hybridized carbons (Fsp3) is 0.294. The zero-order chi connectivity index (χ0) is 17.6. The van der Waals surface area contributed by atoms with Crippen molar-refractivity contribution in [1.29, 1.82) is 0 Å². The van der Waals surface area contributed by atoms with Gasteiger partial charge < -0.3 is 15.7 Å². The Kier molecular flexibility index (Phi) is 3.88. The number of anilines is 1. The standard InChI is InChI=1S/C17H18FN3O3/c1-3-10-6-12(17(23)24)16(22)21-8-13(18)15(9(2)14(10)21)20-5-4-11(19)7-20/h3,6,8,11H,1,4-5,7,19H2,2H3,(H,23,24)/t11-/m0/s1. The fourth-order valence-corrected chi connectivity index (χ4v) is 3.33. The molecule has 0 radical (unpaired) electrons. The van der Waals surface area contributed by atoms with Crippen LogP contribution in [0.3, 0.4) is 0 Å². The molecule has 0 saturated carbocycles. The number of rotatable bonds is 3. The Morgan fingerprint density at radius 2 is 2.25 bits per heavy atom. The maximum Gasteiger partial charge on any atom is 0.341 e. The number of halogens is 1. The number of nitrogens with two attached hydrogens (primary N) is 1. The average Bonchev–Trinajstić information content (AvgIpc) is 2.94. The smallest absolute Gasteiger partial charge is 0.341 e. The van der Waals surface area contributed by atoms with Crippen molar-refractivity contribution >= 4 is 23.2 Å². The summed E-state index contributed by atoms with van der Waals surface area (Å²) < 4.78 is 15.7. The van der Waals surface area contributed by atoms with Gasteiger partial charge in [-0.05, 0) is 25.0 Å². The summed E-state index contributed by atoms with van der Waals surface area (Å²) in [6.07, 6.45) is 3.28. The predicted molar refractivity (Wildman–Crippen MR) is 90.2 cm³/mol. The van der Waals surface area contributed by atoms with Gasteiger partial charge in [0.1, 0.15) is 5.56 Å². The predicted octanol–water partition coefficient (Wildman–Crippen LogP) is 1.63. The van der Waals surface area contributed by atoms with Crippen LogP contribution in [0.1, 0.15) is 27.9 Å². The summed E-state index contributed by atoms with van der Waals surface area (Å²) in [5.41, 5.74) is 6.60. The van der Waals surface area contributed by atoms with Gasteiger partial charge in [0.2, 0.25) is 0 Å². The van der Waals surface area contributed by atoms with Crippen molar-refractivity contribution < 1.29 is 14.3 Å². The van der Waals surface area contributed by atoms with Crippen molar-refractivity contribution in [1.82, 2.24) is 4.40 Å². The maximum absolute atomic E-state index is 14.7. The first-order valence-corrected chi connectivity index (χ1v) is 7.60. The molecular formula is C17H18FN3O3. The molecule has 2 aromatic rings. The number of carboxylic acid groups (broad SMARTS) is 1. The van der Waals surface area contributed by atoms with Crippen LogP contribution in [-0.2, 0) is 0 Å². The Hall–Kier alpha value is -2.67. The van der Waals surface area contributed by atoms with Gasteiger partial charge in [0.05, 0.1) is 17.4 Å². The van der Waals surface area contributed by atoms with Crippen molar-refractivity contribution in [2.75, 3.05) is 18.0 Å². The number of nitrogens with zero attached hydrogens (tertiary/aromatic N) is 2. The highest BCUT2D eigenvalue weighted by Gasteiger charge is 2.26. The summed E-state index contributed by atoms with van der Waals surface area (Å²) in [5.74, 6) is -1.93. The highest BCUT2D eigenvalue weighted by Crippen LogP contribution is 2.31. The van der Waals surface area contributed by atoms with Crippen LogP contribution in [0.25, 0.3) is 11.6 Å². The number of fused-ring (bicyclic) bond motifs is 1. The van der Waals surface area contributed by atoms with Gasteiger partial charge in [0.15, 0.2) is 5.82 Å². The summed E-state index contributed by atoms with van der Waals surface area (Å²) in [6.45, 7) is 6.56. The van der Waals surface area contributed by atoms with Gasteiger partial charge in [-0.25, -0.2) is 9.18 Å². The van der Waals surface area contributed by atoms with Crippen molar-refractivity contribution in [3.8, 4) is 0 Å². The van der Waals surface area contributed by atoms with E-state index in [1.54, 1.807) is 6.92 Å². The van der Waals surface area contributed by atoms with Crippen LogP contribution in [0, 0.1) is 12.7 Å². The van der Waals surface area contributed by atoms with E-state index in [2.05, 4.69) is 6.58 Å². The SMILES string of the molecule is C=Cc1cc(C(=O)O)c(=O)n2cc(F)c(N3CC[C@H](N)C3)c(C)c12. The first kappa shape index (κ1) is 16.2. The molecule has 0 spiro atoms. The largest absolute Gasteiger partial charge is 0.477 e. The van der Waals surface area contributed by atoms with Gasteiger partial charge in [0, 0.05) is 24.7 Å². The molecule has 24 heavy (non-hydrogen) atoms. The number of hydrogen-bond acceptors (Lipinski definition) is 4. The molecule has 3 N–H and O–H groups in total. The van der Waals surface area contributed by atoms with Crippen LogP contribution in [-0.4, -0.2) is 34.6 Å². The monoisotopic (exact) mass is 331 g/mol. The van der Waals surface area contributed by atoms with E-state index in [0.717, 1.165) is 17.0 Å². The van der Waals surface area contributed by atoms with E-state index in [4.69, 9.17) is 5.73 Å². The van der Waals surface area contributed by atoms with Crippen LogP contribution < -0.4 is 16.2 Å². The molecule has 0 bridgehead atoms. The summed E-state index contributed by atoms with van der Waals surface area (Å²) in [6, 6.07) is 1.26. The highest BCUT2D eigenvalue weighted by atomic mass is 19.1. The Morgan fingerprint density at radius 3 is 2.79 bits per heavy atom. The van der Waals surface area contributed by atoms with Crippen LogP contribution in [0.15, 0.2) is 23.6 Å². The van der Waals surface area contributed by atoms with Crippen LogP contribution in [0.4, 0.5) is 10.1 Å². The second-order valence-electron chi connectivity index (χ2n) is 5.99. The van der Waals surface area contributed by atoms with Crippen molar-refractivity contribution in [2.45, 2.75) is 19.4 Å². The van der Waals surface area contributed by atoms with Crippen LogP contribution in [0.2, 0.25) is 0 Å². The molecule has 0 amide bonds. The first-order valence-electron chi connectivity index (χ1n) is 7.60. The number of carbonyl (C=O) groups is 1. The zero-order valence-corrected chi connectivity index (χ0v) is 13.3. The third-order valence-corrected chi connectivity index (χ3v) is 4.43. The molecule has 3 heterocycles. The van der Waals surface area contributed by atoms with Gasteiger partial charge in [-0.1, -0.05) is 12.7 Å². The van der Waals surface area contributed by atoms with Crippen molar-refractivity contribution in [2.24, 2.45) is 5.73 Å². The number of hydrogen-bond donors (Lipinski definition) is 2. The lowest BCUT2D eigenvalue weighted by Crippen LogP contribution is -2.29. The van der Waals surface area contributed by atoms with E-state index in [1.807, 2.05) is 4.90 Å². The molecule has 0 unspecified atom stereocenters.